The van der Waals surface area contributed by atoms with Crippen LogP contribution in [0.15, 0.2) is 4.79 Å². The van der Waals surface area contributed by atoms with Gasteiger partial charge in [-0.2, -0.15) is 5.10 Å². The number of ether oxygens (including phenoxy) is 1. The summed E-state index contributed by atoms with van der Waals surface area (Å²) in [7, 11) is 1.61. The van der Waals surface area contributed by atoms with Crippen molar-refractivity contribution in [2.75, 3.05) is 13.7 Å². The maximum atomic E-state index is 12.1. The number of nitrogens with one attached hydrogen (secondary N) is 2. The Hall–Kier alpha value is -2.48. The number of carbonyl (C=O) groups excluding carboxylic acids is 1. The number of methoxy groups -OCH3 is 1. The van der Waals surface area contributed by atoms with Crippen LogP contribution in [0.3, 0.4) is 0 Å². The first-order valence-electron chi connectivity index (χ1n) is 8.65. The van der Waals surface area contributed by atoms with Crippen molar-refractivity contribution in [1.82, 2.24) is 25.1 Å². The Morgan fingerprint density at radius 2 is 1.96 bits per heavy atom. The van der Waals surface area contributed by atoms with Gasteiger partial charge in [0.05, 0.1) is 12.3 Å². The normalized spacial score (nSPS) is 12.2. The SMILES string of the molecule is COC[C@@H](C)NC(=O)CCc1c(C)nn(-c2nc(C)c(C)c(=O)[nH]2)c1C. The minimum absolute atomic E-state index is 0.0257. The van der Waals surface area contributed by atoms with Gasteiger partial charge in [0.1, 0.15) is 0 Å². The number of amides is 1. The Bertz CT molecular complexity index is 853. The molecular formula is C18H27N5O3. The van der Waals surface area contributed by atoms with Gasteiger partial charge >= 0.3 is 0 Å². The standard InChI is InChI=1S/C18H27N5O3/c1-10(9-26-6)19-16(24)8-7-15-13(4)22-23(14(15)5)18-20-12(3)11(2)17(25)21-18/h10H,7-9H2,1-6H3,(H,19,24)(H,20,21,25)/t10-/m1/s1. The van der Waals surface area contributed by atoms with Gasteiger partial charge in [-0.15, -0.1) is 0 Å². The molecule has 0 bridgehead atoms. The van der Waals surface area contributed by atoms with E-state index in [-0.39, 0.29) is 17.5 Å². The lowest BCUT2D eigenvalue weighted by Crippen LogP contribution is -2.35. The maximum Gasteiger partial charge on any atom is 0.255 e. The van der Waals surface area contributed by atoms with Crippen LogP contribution in [0.2, 0.25) is 0 Å². The molecule has 0 unspecified atom stereocenters. The summed E-state index contributed by atoms with van der Waals surface area (Å²) >= 11 is 0. The van der Waals surface area contributed by atoms with Crippen LogP contribution in [0.25, 0.3) is 5.95 Å². The van der Waals surface area contributed by atoms with Gasteiger partial charge in [0, 0.05) is 36.5 Å². The lowest BCUT2D eigenvalue weighted by atomic mass is 10.1. The van der Waals surface area contributed by atoms with Gasteiger partial charge in [-0.25, -0.2) is 9.67 Å². The molecule has 0 aliphatic rings. The van der Waals surface area contributed by atoms with E-state index in [1.807, 2.05) is 20.8 Å². The highest BCUT2D eigenvalue weighted by molar-refractivity contribution is 5.76. The van der Waals surface area contributed by atoms with Crippen LogP contribution in [-0.2, 0) is 16.0 Å². The van der Waals surface area contributed by atoms with Gasteiger partial charge in [-0.05, 0) is 46.6 Å². The van der Waals surface area contributed by atoms with Gasteiger partial charge < -0.3 is 10.1 Å². The minimum atomic E-state index is -0.173. The molecule has 2 aromatic rings. The second-order valence-corrected chi connectivity index (χ2v) is 6.59. The molecule has 2 rings (SSSR count). The molecular weight excluding hydrogens is 334 g/mol. The molecule has 1 atom stereocenters. The summed E-state index contributed by atoms with van der Waals surface area (Å²) in [5, 5.41) is 7.39. The fourth-order valence-electron chi connectivity index (χ4n) is 2.85. The Labute approximate surface area is 153 Å². The zero-order valence-corrected chi connectivity index (χ0v) is 16.3. The van der Waals surface area contributed by atoms with Crippen LogP contribution in [0.5, 0.6) is 0 Å². The number of hydrogen-bond acceptors (Lipinski definition) is 5. The summed E-state index contributed by atoms with van der Waals surface area (Å²) in [5.41, 5.74) is 3.77. The zero-order valence-electron chi connectivity index (χ0n) is 16.3. The molecule has 0 aliphatic heterocycles. The third kappa shape index (κ3) is 4.37. The molecule has 0 saturated heterocycles. The van der Waals surface area contributed by atoms with Crippen molar-refractivity contribution in [1.29, 1.82) is 0 Å². The van der Waals surface area contributed by atoms with E-state index in [1.54, 1.807) is 25.6 Å². The van der Waals surface area contributed by atoms with E-state index in [0.29, 0.717) is 36.7 Å². The number of nitrogens with zero attached hydrogens (tertiary/aromatic N) is 3. The average Bonchev–Trinajstić information content (AvgIpc) is 2.85. The molecule has 142 valence electrons. The number of aryl methyl sites for hydroxylation is 2. The van der Waals surface area contributed by atoms with Crippen LogP contribution in [-0.4, -0.2) is 45.4 Å². The summed E-state index contributed by atoms with van der Waals surface area (Å²) in [5.74, 6) is 0.363. The van der Waals surface area contributed by atoms with Crippen molar-refractivity contribution in [3.05, 3.63) is 38.6 Å². The first-order valence-corrected chi connectivity index (χ1v) is 8.65. The summed E-state index contributed by atoms with van der Waals surface area (Å²) in [6, 6.07) is -0.0257. The molecule has 0 fully saturated rings. The van der Waals surface area contributed by atoms with Crippen LogP contribution in [0.4, 0.5) is 0 Å². The average molecular weight is 361 g/mol. The Kier molecular flexibility index (Phi) is 6.31. The van der Waals surface area contributed by atoms with Gasteiger partial charge in [-0.3, -0.25) is 14.6 Å². The first-order chi connectivity index (χ1) is 12.2. The van der Waals surface area contributed by atoms with E-state index in [4.69, 9.17) is 4.74 Å². The Balaban J connectivity index is 2.18. The lowest BCUT2D eigenvalue weighted by molar-refractivity contribution is -0.122. The van der Waals surface area contributed by atoms with E-state index < -0.39 is 0 Å². The second-order valence-electron chi connectivity index (χ2n) is 6.59. The number of rotatable bonds is 7. The molecule has 26 heavy (non-hydrogen) atoms. The molecule has 0 spiro atoms. The molecule has 0 aliphatic carbocycles. The van der Waals surface area contributed by atoms with E-state index in [9.17, 15) is 9.59 Å². The molecule has 2 heterocycles. The van der Waals surface area contributed by atoms with Crippen LogP contribution >= 0.6 is 0 Å². The molecule has 8 heteroatoms. The Morgan fingerprint density at radius 1 is 1.27 bits per heavy atom. The van der Waals surface area contributed by atoms with Crippen molar-refractivity contribution >= 4 is 5.91 Å². The fraction of sp³-hybridized carbons (Fsp3) is 0.556. The molecule has 1 amide bonds. The topological polar surface area (TPSA) is 102 Å². The van der Waals surface area contributed by atoms with Crippen molar-refractivity contribution < 1.29 is 9.53 Å². The van der Waals surface area contributed by atoms with E-state index in [2.05, 4.69) is 20.4 Å². The molecule has 0 radical (unpaired) electrons. The van der Waals surface area contributed by atoms with Crippen LogP contribution in [0, 0.1) is 27.7 Å². The third-order valence-corrected chi connectivity index (χ3v) is 4.45. The van der Waals surface area contributed by atoms with Crippen molar-refractivity contribution in [2.45, 2.75) is 53.5 Å². The third-order valence-electron chi connectivity index (χ3n) is 4.45. The van der Waals surface area contributed by atoms with Gasteiger partial charge in [0.25, 0.3) is 5.56 Å². The number of H-pyrrole nitrogens is 1. The van der Waals surface area contributed by atoms with Crippen LogP contribution in [0.1, 0.15) is 41.6 Å². The number of hydrogen-bond donors (Lipinski definition) is 2. The van der Waals surface area contributed by atoms with Crippen molar-refractivity contribution in [2.24, 2.45) is 0 Å². The summed E-state index contributed by atoms with van der Waals surface area (Å²) in [6.45, 7) is 9.72. The Morgan fingerprint density at radius 3 is 2.58 bits per heavy atom. The monoisotopic (exact) mass is 361 g/mol. The predicted molar refractivity (Wildman–Crippen MR) is 98.7 cm³/mol. The summed E-state index contributed by atoms with van der Waals surface area (Å²) in [6.07, 6.45) is 0.927. The molecule has 0 saturated carbocycles. The molecule has 8 nitrogen and oxygen atoms in total. The van der Waals surface area contributed by atoms with Gasteiger partial charge in [0.2, 0.25) is 11.9 Å². The van der Waals surface area contributed by atoms with Crippen LogP contribution < -0.4 is 10.9 Å². The minimum Gasteiger partial charge on any atom is -0.383 e. The zero-order chi connectivity index (χ0) is 19.4. The molecule has 2 N–H and O–H groups in total. The van der Waals surface area contributed by atoms with E-state index in [1.165, 1.54) is 0 Å². The van der Waals surface area contributed by atoms with E-state index >= 15 is 0 Å². The fourth-order valence-corrected chi connectivity index (χ4v) is 2.85. The predicted octanol–water partition coefficient (Wildman–Crippen LogP) is 1.27. The summed E-state index contributed by atoms with van der Waals surface area (Å²) < 4.78 is 6.65. The smallest absolute Gasteiger partial charge is 0.255 e. The van der Waals surface area contributed by atoms with Crippen molar-refractivity contribution in [3.8, 4) is 5.95 Å². The van der Waals surface area contributed by atoms with Crippen molar-refractivity contribution in [3.63, 3.8) is 0 Å². The highest BCUT2D eigenvalue weighted by Crippen LogP contribution is 2.17. The molecule has 2 aromatic heterocycles. The highest BCUT2D eigenvalue weighted by atomic mass is 16.5. The van der Waals surface area contributed by atoms with E-state index in [0.717, 1.165) is 17.0 Å². The molecule has 0 aromatic carbocycles. The number of carbonyl (C=O) groups is 1. The number of aromatic amines is 1. The number of aromatic nitrogens is 4. The first kappa shape index (κ1) is 19.8. The quantitative estimate of drug-likeness (QED) is 0.773. The van der Waals surface area contributed by atoms with Gasteiger partial charge in [0.15, 0.2) is 0 Å². The second kappa shape index (κ2) is 8.27. The van der Waals surface area contributed by atoms with Gasteiger partial charge in [-0.1, -0.05) is 0 Å². The maximum absolute atomic E-state index is 12.1. The lowest BCUT2D eigenvalue weighted by Gasteiger charge is -2.12. The highest BCUT2D eigenvalue weighted by Gasteiger charge is 2.17. The summed E-state index contributed by atoms with van der Waals surface area (Å²) in [4.78, 5) is 31.3. The largest absolute Gasteiger partial charge is 0.383 e.